The molecule has 1 saturated carbocycles. The van der Waals surface area contributed by atoms with Crippen molar-refractivity contribution in [1.82, 2.24) is 4.37 Å². The number of nitrogens with zero attached hydrogens (tertiary/aromatic N) is 1. The predicted octanol–water partition coefficient (Wildman–Crippen LogP) is 2.88. The normalized spacial score (nSPS) is 18.1. The molecule has 1 fully saturated rings. The Labute approximate surface area is 95.2 Å². The topological polar surface area (TPSA) is 50.9 Å². The molecule has 4 heteroatoms. The monoisotopic (exact) mass is 225 g/mol. The first-order chi connectivity index (χ1) is 7.05. The summed E-state index contributed by atoms with van der Waals surface area (Å²) in [5.41, 5.74) is 7.34. The van der Waals surface area contributed by atoms with E-state index >= 15 is 0 Å². The molecule has 0 radical (unpaired) electrons. The van der Waals surface area contributed by atoms with E-state index < -0.39 is 0 Å². The van der Waals surface area contributed by atoms with Crippen LogP contribution < -0.4 is 11.1 Å². The second kappa shape index (κ2) is 3.67. The molecule has 84 valence electrons. The van der Waals surface area contributed by atoms with Gasteiger partial charge < -0.3 is 11.1 Å². The van der Waals surface area contributed by atoms with Crippen molar-refractivity contribution in [2.45, 2.75) is 33.6 Å². The van der Waals surface area contributed by atoms with E-state index in [9.17, 15) is 0 Å². The standard InChI is InChI=1S/C11H19N3S/c1-7(2)11(4-5-11)6-13-10-8(3)9(12)14-15-10/h7,13H,4-6H2,1-3H3,(H2,12,14). The number of hydrogen-bond acceptors (Lipinski definition) is 4. The third-order valence-electron chi connectivity index (χ3n) is 3.68. The van der Waals surface area contributed by atoms with Gasteiger partial charge in [0.1, 0.15) is 10.8 Å². The molecule has 0 amide bonds. The number of nitrogens with one attached hydrogen (secondary N) is 1. The third-order valence-corrected chi connectivity index (χ3v) is 4.60. The molecule has 0 aromatic carbocycles. The van der Waals surface area contributed by atoms with Crippen LogP contribution in [0.15, 0.2) is 0 Å². The van der Waals surface area contributed by atoms with Gasteiger partial charge >= 0.3 is 0 Å². The second-order valence-corrected chi connectivity index (χ2v) is 5.67. The molecule has 0 saturated heterocycles. The smallest absolute Gasteiger partial charge is 0.142 e. The van der Waals surface area contributed by atoms with Gasteiger partial charge in [0, 0.05) is 12.1 Å². The molecule has 0 bridgehead atoms. The van der Waals surface area contributed by atoms with Gasteiger partial charge in [0.15, 0.2) is 0 Å². The molecule has 2 rings (SSSR count). The van der Waals surface area contributed by atoms with Gasteiger partial charge in [0.05, 0.1) is 0 Å². The fourth-order valence-electron chi connectivity index (χ4n) is 1.89. The van der Waals surface area contributed by atoms with E-state index in [1.165, 1.54) is 24.4 Å². The maximum atomic E-state index is 5.71. The van der Waals surface area contributed by atoms with E-state index in [1.807, 2.05) is 6.92 Å². The Morgan fingerprint density at radius 1 is 1.53 bits per heavy atom. The van der Waals surface area contributed by atoms with Gasteiger partial charge in [-0.2, -0.15) is 4.37 Å². The average molecular weight is 225 g/mol. The van der Waals surface area contributed by atoms with Crippen molar-refractivity contribution in [3.8, 4) is 0 Å². The van der Waals surface area contributed by atoms with Gasteiger partial charge in [-0.3, -0.25) is 0 Å². The number of nitrogens with two attached hydrogens (primary N) is 1. The average Bonchev–Trinajstić information content (AvgIpc) is 2.92. The zero-order valence-corrected chi connectivity index (χ0v) is 10.4. The van der Waals surface area contributed by atoms with Crippen molar-refractivity contribution >= 4 is 22.4 Å². The van der Waals surface area contributed by atoms with Crippen LogP contribution in [0.3, 0.4) is 0 Å². The lowest BCUT2D eigenvalue weighted by atomic mass is 9.92. The Kier molecular flexibility index (Phi) is 2.63. The van der Waals surface area contributed by atoms with Crippen molar-refractivity contribution in [2.24, 2.45) is 11.3 Å². The van der Waals surface area contributed by atoms with Gasteiger partial charge in [-0.05, 0) is 42.6 Å². The summed E-state index contributed by atoms with van der Waals surface area (Å²) in [6, 6.07) is 0. The Bertz CT molecular complexity index is 353. The van der Waals surface area contributed by atoms with Gasteiger partial charge in [-0.1, -0.05) is 13.8 Å². The van der Waals surface area contributed by atoms with Crippen LogP contribution >= 0.6 is 11.5 Å². The van der Waals surface area contributed by atoms with Crippen molar-refractivity contribution in [1.29, 1.82) is 0 Å². The van der Waals surface area contributed by atoms with Gasteiger partial charge in [-0.25, -0.2) is 0 Å². The summed E-state index contributed by atoms with van der Waals surface area (Å²) >= 11 is 1.47. The van der Waals surface area contributed by atoms with Crippen molar-refractivity contribution in [3.63, 3.8) is 0 Å². The van der Waals surface area contributed by atoms with Crippen LogP contribution in [-0.2, 0) is 0 Å². The minimum absolute atomic E-state index is 0.533. The van der Waals surface area contributed by atoms with E-state index in [0.29, 0.717) is 11.2 Å². The highest BCUT2D eigenvalue weighted by Gasteiger charge is 2.45. The van der Waals surface area contributed by atoms with E-state index in [2.05, 4.69) is 23.5 Å². The third kappa shape index (κ3) is 1.95. The molecular weight excluding hydrogens is 206 g/mol. The summed E-state index contributed by atoms with van der Waals surface area (Å²) in [7, 11) is 0. The molecule has 0 unspecified atom stereocenters. The molecule has 0 atom stereocenters. The zero-order chi connectivity index (χ0) is 11.1. The van der Waals surface area contributed by atoms with Crippen LogP contribution in [0, 0.1) is 18.3 Å². The number of rotatable bonds is 4. The number of nitrogen functional groups attached to an aromatic ring is 1. The summed E-state index contributed by atoms with van der Waals surface area (Å²) in [6.45, 7) is 7.70. The lowest BCUT2D eigenvalue weighted by molar-refractivity contribution is 0.380. The molecule has 0 spiro atoms. The Morgan fingerprint density at radius 3 is 2.60 bits per heavy atom. The van der Waals surface area contributed by atoms with Crippen molar-refractivity contribution < 1.29 is 0 Å². The molecule has 1 aliphatic rings. The zero-order valence-electron chi connectivity index (χ0n) is 9.63. The summed E-state index contributed by atoms with van der Waals surface area (Å²) in [5.74, 6) is 1.42. The van der Waals surface area contributed by atoms with E-state index in [-0.39, 0.29) is 0 Å². The highest BCUT2D eigenvalue weighted by molar-refractivity contribution is 7.10. The van der Waals surface area contributed by atoms with Gasteiger partial charge in [0.2, 0.25) is 0 Å². The number of aromatic nitrogens is 1. The quantitative estimate of drug-likeness (QED) is 0.828. The first-order valence-corrected chi connectivity index (χ1v) is 6.28. The predicted molar refractivity (Wildman–Crippen MR) is 66.3 cm³/mol. The largest absolute Gasteiger partial charge is 0.383 e. The molecule has 1 heterocycles. The molecule has 3 N–H and O–H groups in total. The van der Waals surface area contributed by atoms with Crippen LogP contribution in [0.1, 0.15) is 32.3 Å². The van der Waals surface area contributed by atoms with Crippen LogP contribution in [0.25, 0.3) is 0 Å². The molecule has 3 nitrogen and oxygen atoms in total. The van der Waals surface area contributed by atoms with Gasteiger partial charge in [0.25, 0.3) is 0 Å². The lowest BCUT2D eigenvalue weighted by Gasteiger charge is -2.20. The maximum absolute atomic E-state index is 5.71. The summed E-state index contributed by atoms with van der Waals surface area (Å²) in [4.78, 5) is 0. The minimum Gasteiger partial charge on any atom is -0.383 e. The Balaban J connectivity index is 1.97. The number of hydrogen-bond donors (Lipinski definition) is 2. The Hall–Kier alpha value is -0.770. The summed E-state index contributed by atoms with van der Waals surface area (Å²) in [5, 5.41) is 4.63. The van der Waals surface area contributed by atoms with Crippen LogP contribution in [0.2, 0.25) is 0 Å². The Morgan fingerprint density at radius 2 is 2.20 bits per heavy atom. The summed E-state index contributed by atoms with van der Waals surface area (Å²) in [6.07, 6.45) is 2.70. The fraction of sp³-hybridized carbons (Fsp3) is 0.727. The van der Waals surface area contributed by atoms with E-state index in [0.717, 1.165) is 23.0 Å². The first kappa shape index (κ1) is 10.7. The highest BCUT2D eigenvalue weighted by atomic mass is 32.1. The SMILES string of the molecule is Cc1c(N)nsc1NCC1(C(C)C)CC1. The van der Waals surface area contributed by atoms with Crippen LogP contribution in [0.4, 0.5) is 10.8 Å². The van der Waals surface area contributed by atoms with Crippen LogP contribution in [0.5, 0.6) is 0 Å². The molecule has 0 aliphatic heterocycles. The number of anilines is 2. The molecule has 1 aliphatic carbocycles. The van der Waals surface area contributed by atoms with Gasteiger partial charge in [-0.15, -0.1) is 0 Å². The van der Waals surface area contributed by atoms with E-state index in [1.54, 1.807) is 0 Å². The second-order valence-electron chi connectivity index (χ2n) is 4.89. The van der Waals surface area contributed by atoms with Crippen LogP contribution in [-0.4, -0.2) is 10.9 Å². The first-order valence-electron chi connectivity index (χ1n) is 5.51. The van der Waals surface area contributed by atoms with Crippen molar-refractivity contribution in [2.75, 3.05) is 17.6 Å². The fourth-order valence-corrected chi connectivity index (χ4v) is 2.59. The lowest BCUT2D eigenvalue weighted by Crippen LogP contribution is -2.20. The van der Waals surface area contributed by atoms with Crippen molar-refractivity contribution in [3.05, 3.63) is 5.56 Å². The minimum atomic E-state index is 0.533. The molecular formula is C11H19N3S. The van der Waals surface area contributed by atoms with E-state index in [4.69, 9.17) is 5.73 Å². The maximum Gasteiger partial charge on any atom is 0.142 e. The molecule has 15 heavy (non-hydrogen) atoms. The molecule has 1 aromatic rings. The molecule has 1 aromatic heterocycles. The highest BCUT2D eigenvalue weighted by Crippen LogP contribution is 2.51. The summed E-state index contributed by atoms with van der Waals surface area (Å²) < 4.78 is 4.14.